The number of hydrogen-bond donors (Lipinski definition) is 2. The van der Waals surface area contributed by atoms with E-state index >= 15 is 0 Å². The Morgan fingerprint density at radius 2 is 2.08 bits per heavy atom. The average Bonchev–Trinajstić information content (AvgIpc) is 3.17. The van der Waals surface area contributed by atoms with Crippen LogP contribution in [-0.2, 0) is 9.59 Å². The van der Waals surface area contributed by atoms with Crippen molar-refractivity contribution in [2.75, 3.05) is 11.9 Å². The van der Waals surface area contributed by atoms with E-state index in [9.17, 15) is 14.0 Å². The van der Waals surface area contributed by atoms with Gasteiger partial charge in [-0.2, -0.15) is 5.10 Å². The van der Waals surface area contributed by atoms with Crippen molar-refractivity contribution in [3.63, 3.8) is 0 Å². The number of aromatic nitrogens is 2. The molecule has 0 saturated carbocycles. The Balaban J connectivity index is 1.80. The zero-order valence-corrected chi connectivity index (χ0v) is 14.5. The van der Waals surface area contributed by atoms with Crippen molar-refractivity contribution in [2.45, 2.75) is 39.7 Å². The van der Waals surface area contributed by atoms with Gasteiger partial charge >= 0.3 is 11.8 Å². The maximum atomic E-state index is 14.1. The first-order valence-corrected chi connectivity index (χ1v) is 8.28. The Labute approximate surface area is 145 Å². The number of halogens is 1. The minimum absolute atomic E-state index is 0.0183. The van der Waals surface area contributed by atoms with Crippen LogP contribution >= 0.6 is 0 Å². The summed E-state index contributed by atoms with van der Waals surface area (Å²) in [5, 5.41) is 9.49. The van der Waals surface area contributed by atoms with Gasteiger partial charge in [-0.15, -0.1) is 0 Å². The number of amides is 2. The summed E-state index contributed by atoms with van der Waals surface area (Å²) in [5.74, 6) is -2.00. The number of rotatable bonds is 2. The normalized spacial score (nSPS) is 17.0. The van der Waals surface area contributed by atoms with Gasteiger partial charge < -0.3 is 10.2 Å². The lowest BCUT2D eigenvalue weighted by atomic mass is 10.0. The summed E-state index contributed by atoms with van der Waals surface area (Å²) in [6.45, 7) is 5.88. The second kappa shape index (κ2) is 6.66. The highest BCUT2D eigenvalue weighted by Crippen LogP contribution is 2.35. The van der Waals surface area contributed by atoms with Gasteiger partial charge in [-0.25, -0.2) is 4.39 Å². The molecule has 7 heteroatoms. The second-order valence-corrected chi connectivity index (χ2v) is 6.39. The van der Waals surface area contributed by atoms with Crippen LogP contribution < -0.4 is 5.32 Å². The summed E-state index contributed by atoms with van der Waals surface area (Å²) in [4.78, 5) is 26.5. The molecule has 0 aliphatic carbocycles. The molecule has 0 radical (unpaired) electrons. The van der Waals surface area contributed by atoms with Gasteiger partial charge in [0.15, 0.2) is 0 Å². The van der Waals surface area contributed by atoms with Crippen molar-refractivity contribution >= 4 is 17.5 Å². The third-order valence-electron chi connectivity index (χ3n) is 4.67. The molecule has 1 aromatic heterocycles. The Kier molecular flexibility index (Phi) is 4.57. The molecule has 0 bridgehead atoms. The number of carbonyl (C=O) groups is 2. The zero-order valence-electron chi connectivity index (χ0n) is 14.5. The summed E-state index contributed by atoms with van der Waals surface area (Å²) < 4.78 is 14.1. The number of nitrogens with zero attached hydrogens (tertiary/aromatic N) is 2. The SMILES string of the molecule is Cc1cccc(NC(=O)C(=O)N2CCCC2c2c(C)n[nH]c2C)c1F. The van der Waals surface area contributed by atoms with Crippen LogP contribution in [0.25, 0.3) is 0 Å². The topological polar surface area (TPSA) is 78.1 Å². The molecule has 2 N–H and O–H groups in total. The monoisotopic (exact) mass is 344 g/mol. The largest absolute Gasteiger partial charge is 0.327 e. The second-order valence-electron chi connectivity index (χ2n) is 6.39. The number of anilines is 1. The summed E-state index contributed by atoms with van der Waals surface area (Å²) in [6, 6.07) is 4.50. The van der Waals surface area contributed by atoms with Gasteiger partial charge in [0.2, 0.25) is 0 Å². The molecule has 1 aliphatic heterocycles. The summed E-state index contributed by atoms with van der Waals surface area (Å²) in [5.41, 5.74) is 3.11. The van der Waals surface area contributed by atoms with E-state index in [0.717, 1.165) is 29.8 Å². The highest BCUT2D eigenvalue weighted by molar-refractivity contribution is 6.39. The smallest absolute Gasteiger partial charge is 0.314 e. The lowest BCUT2D eigenvalue weighted by Gasteiger charge is -2.24. The predicted octanol–water partition coefficient (Wildman–Crippen LogP) is 2.78. The van der Waals surface area contributed by atoms with E-state index in [4.69, 9.17) is 0 Å². The average molecular weight is 344 g/mol. The van der Waals surface area contributed by atoms with Crippen molar-refractivity contribution in [1.82, 2.24) is 15.1 Å². The molecule has 1 unspecified atom stereocenters. The molecule has 1 aromatic carbocycles. The van der Waals surface area contributed by atoms with Crippen molar-refractivity contribution in [3.05, 3.63) is 46.5 Å². The molecule has 6 nitrogen and oxygen atoms in total. The van der Waals surface area contributed by atoms with Crippen LogP contribution in [0.4, 0.5) is 10.1 Å². The predicted molar refractivity (Wildman–Crippen MR) is 91.5 cm³/mol. The molecular weight excluding hydrogens is 323 g/mol. The highest BCUT2D eigenvalue weighted by atomic mass is 19.1. The van der Waals surface area contributed by atoms with Gasteiger partial charge in [0, 0.05) is 17.8 Å². The summed E-state index contributed by atoms with van der Waals surface area (Å²) in [6.07, 6.45) is 1.59. The van der Waals surface area contributed by atoms with Gasteiger partial charge in [0.1, 0.15) is 5.82 Å². The Morgan fingerprint density at radius 3 is 2.76 bits per heavy atom. The van der Waals surface area contributed by atoms with Gasteiger partial charge in [0.05, 0.1) is 17.4 Å². The number of hydrogen-bond acceptors (Lipinski definition) is 3. The molecule has 2 heterocycles. The molecule has 3 rings (SSSR count). The van der Waals surface area contributed by atoms with Crippen LogP contribution in [0.3, 0.4) is 0 Å². The third-order valence-corrected chi connectivity index (χ3v) is 4.67. The van der Waals surface area contributed by atoms with E-state index < -0.39 is 17.6 Å². The summed E-state index contributed by atoms with van der Waals surface area (Å²) in [7, 11) is 0. The van der Waals surface area contributed by atoms with E-state index in [-0.39, 0.29) is 11.7 Å². The molecule has 1 fully saturated rings. The molecule has 2 aromatic rings. The quantitative estimate of drug-likeness (QED) is 0.822. The first kappa shape index (κ1) is 17.1. The van der Waals surface area contributed by atoms with Gasteiger partial charge in [-0.05, 0) is 45.2 Å². The number of aromatic amines is 1. The van der Waals surface area contributed by atoms with Gasteiger partial charge in [0.25, 0.3) is 0 Å². The molecule has 0 spiro atoms. The van der Waals surface area contributed by atoms with Crippen molar-refractivity contribution in [3.8, 4) is 0 Å². The maximum absolute atomic E-state index is 14.1. The molecule has 1 saturated heterocycles. The lowest BCUT2D eigenvalue weighted by molar-refractivity contribution is -0.143. The van der Waals surface area contributed by atoms with E-state index in [0.29, 0.717) is 12.1 Å². The van der Waals surface area contributed by atoms with E-state index in [1.807, 2.05) is 13.8 Å². The minimum Gasteiger partial charge on any atom is -0.327 e. The van der Waals surface area contributed by atoms with E-state index in [1.54, 1.807) is 24.0 Å². The van der Waals surface area contributed by atoms with E-state index in [1.165, 1.54) is 6.07 Å². The molecule has 25 heavy (non-hydrogen) atoms. The fourth-order valence-electron chi connectivity index (χ4n) is 3.41. The summed E-state index contributed by atoms with van der Waals surface area (Å²) >= 11 is 0. The highest BCUT2D eigenvalue weighted by Gasteiger charge is 2.36. The molecular formula is C18H21FN4O2. The van der Waals surface area contributed by atoms with Crippen LogP contribution in [0, 0.1) is 26.6 Å². The lowest BCUT2D eigenvalue weighted by Crippen LogP contribution is -2.39. The molecule has 1 atom stereocenters. The number of H-pyrrole nitrogens is 1. The van der Waals surface area contributed by atoms with Crippen LogP contribution in [0.15, 0.2) is 18.2 Å². The fourth-order valence-corrected chi connectivity index (χ4v) is 3.41. The number of nitrogens with one attached hydrogen (secondary N) is 2. The van der Waals surface area contributed by atoms with E-state index in [2.05, 4.69) is 15.5 Å². The maximum Gasteiger partial charge on any atom is 0.314 e. The number of likely N-dealkylation sites (tertiary alicyclic amines) is 1. The standard InChI is InChI=1S/C18H21FN4O2/c1-10-6-4-7-13(16(10)19)20-17(24)18(25)23-9-5-8-14(23)15-11(2)21-22-12(15)3/h4,6-7,14H,5,8-9H2,1-3H3,(H,20,24)(H,21,22). The number of benzene rings is 1. The van der Waals surface area contributed by atoms with Gasteiger partial charge in [-0.3, -0.25) is 14.7 Å². The van der Waals surface area contributed by atoms with Crippen LogP contribution in [0.2, 0.25) is 0 Å². The number of aryl methyl sites for hydroxylation is 3. The van der Waals surface area contributed by atoms with Crippen molar-refractivity contribution in [2.24, 2.45) is 0 Å². The molecule has 1 aliphatic rings. The fraction of sp³-hybridized carbons (Fsp3) is 0.389. The Hall–Kier alpha value is -2.70. The van der Waals surface area contributed by atoms with Gasteiger partial charge in [-0.1, -0.05) is 12.1 Å². The van der Waals surface area contributed by atoms with Crippen LogP contribution in [-0.4, -0.2) is 33.5 Å². The van der Waals surface area contributed by atoms with Crippen LogP contribution in [0.1, 0.15) is 41.4 Å². The first-order valence-electron chi connectivity index (χ1n) is 8.28. The Bertz CT molecular complexity index is 811. The van der Waals surface area contributed by atoms with Crippen LogP contribution in [0.5, 0.6) is 0 Å². The van der Waals surface area contributed by atoms with Crippen molar-refractivity contribution in [1.29, 1.82) is 0 Å². The molecule has 2 amide bonds. The Morgan fingerprint density at radius 1 is 1.32 bits per heavy atom. The zero-order chi connectivity index (χ0) is 18.1. The number of carbonyl (C=O) groups excluding carboxylic acids is 2. The first-order chi connectivity index (χ1) is 11.9. The molecule has 132 valence electrons. The third kappa shape index (κ3) is 3.14. The van der Waals surface area contributed by atoms with Crippen molar-refractivity contribution < 1.29 is 14.0 Å². The minimum atomic E-state index is -0.824.